The number of nitrogens with one attached hydrogen (secondary N) is 1. The third-order valence-corrected chi connectivity index (χ3v) is 5.55. The number of para-hydroxylation sites is 2. The van der Waals surface area contributed by atoms with Gasteiger partial charge in [-0.25, -0.2) is 8.42 Å². The van der Waals surface area contributed by atoms with Crippen LogP contribution >= 0.6 is 0 Å². The smallest absolute Gasteiger partial charge is 0.235 e. The van der Waals surface area contributed by atoms with Gasteiger partial charge in [-0.2, -0.15) is 0 Å². The van der Waals surface area contributed by atoms with Crippen LogP contribution in [0.4, 0.5) is 0 Å². The Morgan fingerprint density at radius 1 is 1.00 bits per heavy atom. The monoisotopic (exact) mass is 375 g/mol. The van der Waals surface area contributed by atoms with E-state index < -0.39 is 21.5 Å². The number of hydrogen-bond donors (Lipinski definition) is 1. The molecule has 1 N–H and O–H groups in total. The van der Waals surface area contributed by atoms with Gasteiger partial charge in [-0.1, -0.05) is 50.2 Å². The molecular weight excluding hydrogens is 350 g/mol. The molecule has 0 aliphatic heterocycles. The van der Waals surface area contributed by atoms with Gasteiger partial charge in [0.2, 0.25) is 5.91 Å². The summed E-state index contributed by atoms with van der Waals surface area (Å²) in [5.74, 6) is 0.298. The minimum absolute atomic E-state index is 0.00249. The molecule has 2 aromatic rings. The first-order valence-electron chi connectivity index (χ1n) is 8.58. The van der Waals surface area contributed by atoms with Crippen LogP contribution in [0.25, 0.3) is 0 Å². The van der Waals surface area contributed by atoms with Gasteiger partial charge in [-0.05, 0) is 31.0 Å². The summed E-state index contributed by atoms with van der Waals surface area (Å²) in [6.07, 6.45) is 0. The van der Waals surface area contributed by atoms with Crippen molar-refractivity contribution in [3.05, 3.63) is 60.2 Å². The van der Waals surface area contributed by atoms with Gasteiger partial charge < -0.3 is 10.1 Å². The molecule has 26 heavy (non-hydrogen) atoms. The van der Waals surface area contributed by atoms with Gasteiger partial charge in [-0.3, -0.25) is 4.79 Å². The maximum atomic E-state index is 12.2. The molecule has 0 aromatic heterocycles. The van der Waals surface area contributed by atoms with Crippen LogP contribution in [0.15, 0.2) is 54.6 Å². The van der Waals surface area contributed by atoms with Crippen LogP contribution in [0.3, 0.4) is 0 Å². The van der Waals surface area contributed by atoms with Gasteiger partial charge in [0.1, 0.15) is 17.3 Å². The number of hydrogen-bond acceptors (Lipinski definition) is 4. The Balaban J connectivity index is 2.08. The van der Waals surface area contributed by atoms with E-state index in [-0.39, 0.29) is 17.7 Å². The van der Waals surface area contributed by atoms with Gasteiger partial charge >= 0.3 is 0 Å². The van der Waals surface area contributed by atoms with Gasteiger partial charge in [0, 0.05) is 5.56 Å². The number of carbonyl (C=O) groups is 1. The van der Waals surface area contributed by atoms with Crippen LogP contribution in [-0.4, -0.2) is 25.8 Å². The molecule has 0 bridgehead atoms. The molecule has 2 aromatic carbocycles. The lowest BCUT2D eigenvalue weighted by Crippen LogP contribution is -2.34. The molecule has 0 unspecified atom stereocenters. The molecule has 1 atom stereocenters. The average Bonchev–Trinajstić information content (AvgIpc) is 2.54. The van der Waals surface area contributed by atoms with Crippen molar-refractivity contribution in [3.8, 4) is 11.5 Å². The van der Waals surface area contributed by atoms with Gasteiger partial charge in [0.15, 0.2) is 9.84 Å². The summed E-state index contributed by atoms with van der Waals surface area (Å²) in [5.41, 5.74) is 0.783. The zero-order valence-electron chi connectivity index (χ0n) is 15.3. The van der Waals surface area contributed by atoms with E-state index in [4.69, 9.17) is 4.74 Å². The Morgan fingerprint density at radius 3 is 2.27 bits per heavy atom. The van der Waals surface area contributed by atoms with Crippen molar-refractivity contribution in [2.75, 3.05) is 11.5 Å². The average molecular weight is 375 g/mol. The van der Waals surface area contributed by atoms with E-state index in [0.717, 1.165) is 5.56 Å². The zero-order chi connectivity index (χ0) is 19.2. The first-order valence-corrected chi connectivity index (χ1v) is 10.4. The van der Waals surface area contributed by atoms with Crippen molar-refractivity contribution in [1.82, 2.24) is 5.32 Å². The summed E-state index contributed by atoms with van der Waals surface area (Å²) < 4.78 is 29.9. The van der Waals surface area contributed by atoms with E-state index in [0.29, 0.717) is 11.5 Å². The maximum Gasteiger partial charge on any atom is 0.235 e. The first-order chi connectivity index (χ1) is 12.3. The molecule has 0 saturated carbocycles. The van der Waals surface area contributed by atoms with E-state index in [1.807, 2.05) is 68.4 Å². The summed E-state index contributed by atoms with van der Waals surface area (Å²) in [4.78, 5) is 12.2. The Bertz CT molecular complexity index is 832. The quantitative estimate of drug-likeness (QED) is 0.763. The highest BCUT2D eigenvalue weighted by molar-refractivity contribution is 7.92. The number of ether oxygens (including phenoxy) is 1. The highest BCUT2D eigenvalue weighted by Crippen LogP contribution is 2.29. The highest BCUT2D eigenvalue weighted by atomic mass is 32.2. The topological polar surface area (TPSA) is 72.5 Å². The van der Waals surface area contributed by atoms with Crippen molar-refractivity contribution in [1.29, 1.82) is 0 Å². The molecule has 0 radical (unpaired) electrons. The molecule has 0 aliphatic rings. The maximum absolute atomic E-state index is 12.2. The van der Waals surface area contributed by atoms with Crippen LogP contribution in [0, 0.1) is 5.92 Å². The molecule has 1 amide bonds. The van der Waals surface area contributed by atoms with Gasteiger partial charge in [0.05, 0.1) is 11.8 Å². The Labute approximate surface area is 155 Å². The molecule has 6 heteroatoms. The number of benzene rings is 2. The zero-order valence-corrected chi connectivity index (χ0v) is 16.1. The molecule has 0 spiro atoms. The predicted molar refractivity (Wildman–Crippen MR) is 103 cm³/mol. The van der Waals surface area contributed by atoms with Crippen LogP contribution in [0.2, 0.25) is 0 Å². The fraction of sp³-hybridized carbons (Fsp3) is 0.350. The Hall–Kier alpha value is -2.34. The molecule has 0 saturated heterocycles. The lowest BCUT2D eigenvalue weighted by atomic mass is 10.1. The second-order valence-corrected chi connectivity index (χ2v) is 8.80. The molecule has 0 heterocycles. The molecule has 0 aliphatic carbocycles. The summed E-state index contributed by atoms with van der Waals surface area (Å²) >= 11 is 0. The molecule has 0 fully saturated rings. The second-order valence-electron chi connectivity index (χ2n) is 6.69. The van der Waals surface area contributed by atoms with Crippen LogP contribution in [-0.2, 0) is 14.6 Å². The van der Waals surface area contributed by atoms with Crippen LogP contribution in [0.5, 0.6) is 11.5 Å². The standard InChI is InChI=1S/C20H25NO4S/c1-15(2)13-26(23,24)14-20(22)21-16(3)18-11-7-8-12-19(18)25-17-9-5-4-6-10-17/h4-12,15-16H,13-14H2,1-3H3,(H,21,22)/t16-/m0/s1. The predicted octanol–water partition coefficient (Wildman–Crippen LogP) is 3.73. The van der Waals surface area contributed by atoms with E-state index >= 15 is 0 Å². The first kappa shape index (κ1) is 20.0. The fourth-order valence-corrected chi connectivity index (χ4v) is 4.29. The van der Waals surface area contributed by atoms with E-state index in [9.17, 15) is 13.2 Å². The number of carbonyl (C=O) groups excluding carboxylic acids is 1. The summed E-state index contributed by atoms with van der Waals surface area (Å²) in [6, 6.07) is 16.3. The minimum atomic E-state index is -3.41. The highest BCUT2D eigenvalue weighted by Gasteiger charge is 2.21. The third-order valence-electron chi connectivity index (χ3n) is 3.67. The van der Waals surface area contributed by atoms with E-state index in [1.54, 1.807) is 6.92 Å². The molecule has 140 valence electrons. The van der Waals surface area contributed by atoms with Crippen LogP contribution in [0.1, 0.15) is 32.4 Å². The Kier molecular flexibility index (Phi) is 6.80. The largest absolute Gasteiger partial charge is 0.457 e. The lowest BCUT2D eigenvalue weighted by molar-refractivity contribution is -0.119. The van der Waals surface area contributed by atoms with Crippen molar-refractivity contribution in [2.24, 2.45) is 5.92 Å². The molecule has 2 rings (SSSR count). The van der Waals surface area contributed by atoms with Gasteiger partial charge in [-0.15, -0.1) is 0 Å². The SMILES string of the molecule is CC(C)CS(=O)(=O)CC(=O)N[C@@H](C)c1ccccc1Oc1ccccc1. The normalized spacial score (nSPS) is 12.6. The van der Waals surface area contributed by atoms with Crippen molar-refractivity contribution in [3.63, 3.8) is 0 Å². The fourth-order valence-electron chi connectivity index (χ4n) is 2.67. The number of sulfone groups is 1. The van der Waals surface area contributed by atoms with Crippen LogP contribution < -0.4 is 10.1 Å². The third kappa shape index (κ3) is 6.19. The van der Waals surface area contributed by atoms with Crippen molar-refractivity contribution >= 4 is 15.7 Å². The summed E-state index contributed by atoms with van der Waals surface area (Å²) in [6.45, 7) is 5.44. The summed E-state index contributed by atoms with van der Waals surface area (Å²) in [5, 5.41) is 2.75. The van der Waals surface area contributed by atoms with Crippen molar-refractivity contribution < 1.29 is 17.9 Å². The summed E-state index contributed by atoms with van der Waals surface area (Å²) in [7, 11) is -3.41. The van der Waals surface area contributed by atoms with Gasteiger partial charge in [0.25, 0.3) is 0 Å². The minimum Gasteiger partial charge on any atom is -0.457 e. The number of amides is 1. The molecule has 5 nitrogen and oxygen atoms in total. The van der Waals surface area contributed by atoms with E-state index in [1.165, 1.54) is 0 Å². The number of rotatable bonds is 8. The molecular formula is C20H25NO4S. The van der Waals surface area contributed by atoms with E-state index in [2.05, 4.69) is 5.32 Å². The lowest BCUT2D eigenvalue weighted by Gasteiger charge is -2.18. The second kappa shape index (κ2) is 8.85. The van der Waals surface area contributed by atoms with Crippen molar-refractivity contribution in [2.45, 2.75) is 26.8 Å². The Morgan fingerprint density at radius 2 is 1.62 bits per heavy atom.